The highest BCUT2D eigenvalue weighted by Gasteiger charge is 2.45. The third-order valence-corrected chi connectivity index (χ3v) is 9.51. The standard InChI is InChI=1S/C27H32F5N7O4S/c1-3-38-20(6-9-34-38)25(41)36-23(15-4-7-26(28,29)8-5-15)19-14-39-22(35-19)12-21(44(2,42)43)18(37-39)11-16-10-17(27(30,31)32)13-33-24(16)40/h6,9,12,14-17,23H,3-5,7-8,10-11,13H2,1-2H3,(H,33,40)(H,36,41)/t16?,17-,23+/m1/s1. The first kappa shape index (κ1) is 31.8. The maximum Gasteiger partial charge on any atom is 0.393 e. The molecule has 0 bridgehead atoms. The Balaban J connectivity index is 1.51. The first-order chi connectivity index (χ1) is 20.6. The minimum atomic E-state index is -4.54. The molecule has 11 nitrogen and oxygen atoms in total. The number of carbonyl (C=O) groups excluding carboxylic acids is 2. The summed E-state index contributed by atoms with van der Waals surface area (Å²) in [5.74, 6) is -7.36. The number of aryl methyl sites for hydroxylation is 1. The molecule has 240 valence electrons. The molecule has 3 atom stereocenters. The Kier molecular flexibility index (Phi) is 8.46. The number of nitrogens with zero attached hydrogens (tertiary/aromatic N) is 5. The topological polar surface area (TPSA) is 140 Å². The third-order valence-electron chi connectivity index (χ3n) is 8.36. The molecule has 3 aromatic rings. The lowest BCUT2D eigenvalue weighted by Crippen LogP contribution is -2.47. The smallest absolute Gasteiger partial charge is 0.355 e. The van der Waals surface area contributed by atoms with Crippen LogP contribution < -0.4 is 10.6 Å². The van der Waals surface area contributed by atoms with Crippen LogP contribution in [0.4, 0.5) is 22.0 Å². The van der Waals surface area contributed by atoms with E-state index in [0.717, 1.165) is 6.26 Å². The van der Waals surface area contributed by atoms with E-state index in [0.29, 0.717) is 6.54 Å². The van der Waals surface area contributed by atoms with Crippen LogP contribution in [-0.4, -0.2) is 69.5 Å². The molecule has 2 amide bonds. The van der Waals surface area contributed by atoms with Crippen LogP contribution >= 0.6 is 0 Å². The molecule has 2 aliphatic rings. The number of aromatic nitrogens is 5. The molecule has 0 aromatic carbocycles. The molecular weight excluding hydrogens is 613 g/mol. The van der Waals surface area contributed by atoms with Crippen LogP contribution in [0.5, 0.6) is 0 Å². The number of rotatable bonds is 8. The van der Waals surface area contributed by atoms with E-state index in [-0.39, 0.29) is 59.7 Å². The molecule has 4 heterocycles. The maximum absolute atomic E-state index is 14.0. The van der Waals surface area contributed by atoms with E-state index in [1.807, 2.05) is 0 Å². The number of carbonyl (C=O) groups is 2. The molecule has 44 heavy (non-hydrogen) atoms. The third kappa shape index (κ3) is 6.71. The zero-order valence-corrected chi connectivity index (χ0v) is 24.8. The van der Waals surface area contributed by atoms with E-state index in [1.54, 1.807) is 6.92 Å². The van der Waals surface area contributed by atoms with Crippen molar-refractivity contribution in [2.75, 3.05) is 12.8 Å². The fourth-order valence-corrected chi connectivity index (χ4v) is 6.83. The van der Waals surface area contributed by atoms with E-state index in [2.05, 4.69) is 25.8 Å². The van der Waals surface area contributed by atoms with Gasteiger partial charge in [-0.1, -0.05) is 0 Å². The van der Waals surface area contributed by atoms with Crippen molar-refractivity contribution in [2.24, 2.45) is 17.8 Å². The van der Waals surface area contributed by atoms with Crippen LogP contribution in [0.15, 0.2) is 29.4 Å². The lowest BCUT2D eigenvalue weighted by molar-refractivity contribution is -0.183. The second-order valence-electron chi connectivity index (χ2n) is 11.5. The van der Waals surface area contributed by atoms with E-state index in [4.69, 9.17) is 0 Å². The molecule has 0 radical (unpaired) electrons. The predicted octanol–water partition coefficient (Wildman–Crippen LogP) is 3.50. The summed E-state index contributed by atoms with van der Waals surface area (Å²) in [7, 11) is -3.97. The van der Waals surface area contributed by atoms with Gasteiger partial charge in [0.25, 0.3) is 5.91 Å². The molecule has 17 heteroatoms. The first-order valence-electron chi connectivity index (χ1n) is 14.2. The Bertz CT molecular complexity index is 1660. The molecule has 1 saturated heterocycles. The first-order valence-corrected chi connectivity index (χ1v) is 16.1. The predicted molar refractivity (Wildman–Crippen MR) is 145 cm³/mol. The Morgan fingerprint density at radius 3 is 2.59 bits per heavy atom. The molecule has 1 saturated carbocycles. The van der Waals surface area contributed by atoms with Gasteiger partial charge in [-0.2, -0.15) is 23.4 Å². The number of sulfone groups is 1. The number of imidazole rings is 1. The van der Waals surface area contributed by atoms with Gasteiger partial charge in [0.15, 0.2) is 15.5 Å². The number of piperidine rings is 1. The number of nitrogens with one attached hydrogen (secondary N) is 2. The Morgan fingerprint density at radius 1 is 1.25 bits per heavy atom. The highest BCUT2D eigenvalue weighted by molar-refractivity contribution is 7.90. The van der Waals surface area contributed by atoms with Crippen LogP contribution in [0.3, 0.4) is 0 Å². The van der Waals surface area contributed by atoms with Crippen molar-refractivity contribution >= 4 is 27.3 Å². The minimum absolute atomic E-state index is 0.0597. The van der Waals surface area contributed by atoms with E-state index >= 15 is 0 Å². The van der Waals surface area contributed by atoms with E-state index in [1.165, 1.54) is 33.7 Å². The highest BCUT2D eigenvalue weighted by atomic mass is 32.2. The van der Waals surface area contributed by atoms with Gasteiger partial charge in [0.2, 0.25) is 11.8 Å². The molecule has 2 N–H and O–H groups in total. The van der Waals surface area contributed by atoms with Crippen molar-refractivity contribution in [1.29, 1.82) is 0 Å². The summed E-state index contributed by atoms with van der Waals surface area (Å²) in [6.45, 7) is 1.65. The van der Waals surface area contributed by atoms with Crippen molar-refractivity contribution in [2.45, 2.75) is 75.0 Å². The van der Waals surface area contributed by atoms with Gasteiger partial charge in [0.05, 0.1) is 34.4 Å². The fourth-order valence-electron chi connectivity index (χ4n) is 5.96. The quantitative estimate of drug-likeness (QED) is 0.358. The number of hydrogen-bond donors (Lipinski definition) is 2. The number of halogens is 5. The Hall–Kier alpha value is -3.63. The summed E-state index contributed by atoms with van der Waals surface area (Å²) in [5.41, 5.74) is 0.443. The Morgan fingerprint density at radius 2 is 1.95 bits per heavy atom. The van der Waals surface area contributed by atoms with Crippen LogP contribution in [0.25, 0.3) is 5.65 Å². The summed E-state index contributed by atoms with van der Waals surface area (Å²) < 4.78 is 96.4. The summed E-state index contributed by atoms with van der Waals surface area (Å²) in [6.07, 6.45) is -2.23. The molecular formula is C27H32F5N7O4S. The molecule has 0 spiro atoms. The highest BCUT2D eigenvalue weighted by Crippen LogP contribution is 2.41. The second kappa shape index (κ2) is 11.7. The molecule has 5 rings (SSSR count). The maximum atomic E-state index is 14.0. The lowest BCUT2D eigenvalue weighted by Gasteiger charge is -2.33. The Labute approximate surface area is 249 Å². The fraction of sp³-hybridized carbons (Fsp3) is 0.593. The van der Waals surface area contributed by atoms with Gasteiger partial charge in [-0.05, 0) is 38.2 Å². The van der Waals surface area contributed by atoms with Gasteiger partial charge < -0.3 is 10.6 Å². The molecule has 1 aliphatic carbocycles. The van der Waals surface area contributed by atoms with Gasteiger partial charge in [-0.15, -0.1) is 0 Å². The number of hydrogen-bond acceptors (Lipinski definition) is 7. The van der Waals surface area contributed by atoms with Crippen LogP contribution in [0.1, 0.15) is 66.9 Å². The van der Waals surface area contributed by atoms with Crippen molar-refractivity contribution in [1.82, 2.24) is 35.0 Å². The summed E-state index contributed by atoms with van der Waals surface area (Å²) >= 11 is 0. The molecule has 1 unspecified atom stereocenters. The van der Waals surface area contributed by atoms with Gasteiger partial charge in [0, 0.05) is 56.8 Å². The zero-order chi connectivity index (χ0) is 32.0. The monoisotopic (exact) mass is 645 g/mol. The lowest BCUT2D eigenvalue weighted by atomic mass is 9.81. The largest absolute Gasteiger partial charge is 0.393 e. The van der Waals surface area contributed by atoms with Crippen LogP contribution in [0.2, 0.25) is 0 Å². The van der Waals surface area contributed by atoms with Gasteiger partial charge in [0.1, 0.15) is 5.69 Å². The van der Waals surface area contributed by atoms with Crippen molar-refractivity contribution < 1.29 is 40.0 Å². The zero-order valence-electron chi connectivity index (χ0n) is 23.9. The normalized spacial score (nSPS) is 22.1. The summed E-state index contributed by atoms with van der Waals surface area (Å²) in [6, 6.07) is 1.89. The van der Waals surface area contributed by atoms with Gasteiger partial charge >= 0.3 is 6.18 Å². The average Bonchev–Trinajstić information content (AvgIpc) is 3.58. The van der Waals surface area contributed by atoms with Crippen LogP contribution in [-0.2, 0) is 27.6 Å². The van der Waals surface area contributed by atoms with Crippen molar-refractivity contribution in [3.05, 3.63) is 41.6 Å². The SMILES string of the molecule is CCn1nccc1C(=O)N[C@H](c1cn2nc(CC3C[C@@H](C(F)(F)F)CNC3=O)c(S(C)(=O)=O)cc2n1)C1CCC(F)(F)CC1. The minimum Gasteiger partial charge on any atom is -0.355 e. The van der Waals surface area contributed by atoms with Crippen molar-refractivity contribution in [3.8, 4) is 0 Å². The summed E-state index contributed by atoms with van der Waals surface area (Å²) in [4.78, 5) is 30.0. The van der Waals surface area contributed by atoms with Crippen molar-refractivity contribution in [3.63, 3.8) is 0 Å². The summed E-state index contributed by atoms with van der Waals surface area (Å²) in [5, 5.41) is 13.6. The number of alkyl halides is 5. The van der Waals surface area contributed by atoms with Gasteiger partial charge in [-0.3, -0.25) is 14.3 Å². The number of fused-ring (bicyclic) bond motifs is 1. The van der Waals surface area contributed by atoms with E-state index < -0.39 is 70.5 Å². The van der Waals surface area contributed by atoms with Gasteiger partial charge in [-0.25, -0.2) is 26.7 Å². The van der Waals surface area contributed by atoms with Crippen LogP contribution in [0, 0.1) is 17.8 Å². The average molecular weight is 646 g/mol. The second-order valence-corrected chi connectivity index (χ2v) is 13.5. The molecule has 3 aromatic heterocycles. The molecule has 2 fully saturated rings. The number of amides is 2. The molecule has 1 aliphatic heterocycles. The van der Waals surface area contributed by atoms with E-state index in [9.17, 15) is 40.0 Å².